The third-order valence-electron chi connectivity index (χ3n) is 3.94. The Hall–Kier alpha value is -1.36. The van der Waals surface area contributed by atoms with Gasteiger partial charge in [-0.15, -0.1) is 0 Å². The molecule has 2 heterocycles. The van der Waals surface area contributed by atoms with Crippen LogP contribution in [0.4, 0.5) is 10.5 Å². The van der Waals surface area contributed by atoms with E-state index in [1.165, 1.54) is 5.56 Å². The molecule has 0 aromatic heterocycles. The van der Waals surface area contributed by atoms with E-state index in [2.05, 4.69) is 22.0 Å². The molecule has 1 aromatic rings. The summed E-state index contributed by atoms with van der Waals surface area (Å²) in [6.07, 6.45) is 2.56. The van der Waals surface area contributed by atoms with Crippen molar-refractivity contribution >= 4 is 33.4 Å². The molecule has 0 spiro atoms. The predicted octanol–water partition coefficient (Wildman–Crippen LogP) is 4.48. The maximum Gasteiger partial charge on any atom is 0.410 e. The number of hydrogen-bond acceptors (Lipinski definition) is 3. The van der Waals surface area contributed by atoms with Crippen molar-refractivity contribution in [2.24, 2.45) is 4.99 Å². The molecule has 1 unspecified atom stereocenters. The number of halogens is 1. The summed E-state index contributed by atoms with van der Waals surface area (Å²) in [5, 5.41) is 0. The number of amides is 1. The van der Waals surface area contributed by atoms with Crippen LogP contribution in [0.3, 0.4) is 0 Å². The summed E-state index contributed by atoms with van der Waals surface area (Å²) in [5.41, 5.74) is 2.86. The molecule has 1 fully saturated rings. The van der Waals surface area contributed by atoms with Crippen LogP contribution in [0.2, 0.25) is 0 Å². The second kappa shape index (κ2) is 5.69. The van der Waals surface area contributed by atoms with E-state index in [9.17, 15) is 4.79 Å². The second-order valence-electron chi connectivity index (χ2n) is 6.88. The van der Waals surface area contributed by atoms with Gasteiger partial charge in [0.2, 0.25) is 0 Å². The van der Waals surface area contributed by atoms with Gasteiger partial charge in [-0.1, -0.05) is 15.9 Å². The number of aliphatic imine (C=N–C) groups is 1. The Bertz CT molecular complexity index is 634. The average molecular weight is 365 g/mol. The molecular formula is C17H21BrN2O2. The van der Waals surface area contributed by atoms with E-state index in [0.29, 0.717) is 0 Å². The molecule has 0 saturated carbocycles. The highest BCUT2D eigenvalue weighted by atomic mass is 79.9. The van der Waals surface area contributed by atoms with Gasteiger partial charge in [0.1, 0.15) is 5.60 Å². The smallest absolute Gasteiger partial charge is 0.410 e. The molecule has 0 bridgehead atoms. The molecule has 1 saturated heterocycles. The zero-order chi connectivity index (χ0) is 15.9. The molecule has 0 aliphatic carbocycles. The van der Waals surface area contributed by atoms with Gasteiger partial charge >= 0.3 is 6.09 Å². The van der Waals surface area contributed by atoms with Crippen molar-refractivity contribution in [2.45, 2.75) is 51.7 Å². The molecular weight excluding hydrogens is 344 g/mol. The Morgan fingerprint density at radius 2 is 2.18 bits per heavy atom. The van der Waals surface area contributed by atoms with Crippen LogP contribution in [-0.4, -0.2) is 34.9 Å². The van der Waals surface area contributed by atoms with Crippen LogP contribution in [0.15, 0.2) is 27.7 Å². The summed E-state index contributed by atoms with van der Waals surface area (Å²) in [7, 11) is 0. The summed E-state index contributed by atoms with van der Waals surface area (Å²) >= 11 is 3.50. The monoisotopic (exact) mass is 364 g/mol. The zero-order valence-electron chi connectivity index (χ0n) is 13.2. The zero-order valence-corrected chi connectivity index (χ0v) is 14.8. The highest BCUT2D eigenvalue weighted by molar-refractivity contribution is 9.10. The average Bonchev–Trinajstić information content (AvgIpc) is 3.01. The molecule has 2 aliphatic heterocycles. The molecule has 5 heteroatoms. The van der Waals surface area contributed by atoms with Crippen LogP contribution in [0.25, 0.3) is 0 Å². The van der Waals surface area contributed by atoms with Crippen molar-refractivity contribution in [1.29, 1.82) is 0 Å². The second-order valence-corrected chi connectivity index (χ2v) is 7.80. The van der Waals surface area contributed by atoms with E-state index >= 15 is 0 Å². The molecule has 3 rings (SSSR count). The van der Waals surface area contributed by atoms with Crippen molar-refractivity contribution in [3.05, 3.63) is 28.2 Å². The topological polar surface area (TPSA) is 41.9 Å². The van der Waals surface area contributed by atoms with Gasteiger partial charge in [-0.05, 0) is 57.4 Å². The minimum Gasteiger partial charge on any atom is -0.444 e. The quantitative estimate of drug-likeness (QED) is 0.737. The van der Waals surface area contributed by atoms with Gasteiger partial charge in [0.25, 0.3) is 0 Å². The van der Waals surface area contributed by atoms with Gasteiger partial charge in [-0.2, -0.15) is 0 Å². The fourth-order valence-corrected chi connectivity index (χ4v) is 3.45. The van der Waals surface area contributed by atoms with Crippen molar-refractivity contribution in [3.8, 4) is 0 Å². The molecule has 118 valence electrons. The van der Waals surface area contributed by atoms with E-state index in [1.54, 1.807) is 0 Å². The van der Waals surface area contributed by atoms with Crippen LogP contribution < -0.4 is 0 Å². The number of fused-ring (bicyclic) bond motifs is 1. The van der Waals surface area contributed by atoms with Crippen LogP contribution in [0.5, 0.6) is 0 Å². The lowest BCUT2D eigenvalue weighted by Crippen LogP contribution is -2.43. The highest BCUT2D eigenvalue weighted by Crippen LogP contribution is 2.33. The van der Waals surface area contributed by atoms with Gasteiger partial charge in [-0.25, -0.2) is 4.79 Å². The number of carbonyl (C=O) groups excluding carboxylic acids is 1. The van der Waals surface area contributed by atoms with E-state index < -0.39 is 5.60 Å². The molecule has 0 radical (unpaired) electrons. The number of carbonyl (C=O) groups is 1. The van der Waals surface area contributed by atoms with Crippen molar-refractivity contribution in [2.75, 3.05) is 6.54 Å². The standard InChI is InChI=1S/C17H21BrN2O2/c1-17(2,3)22-16(21)20-8-4-5-15(20)14-10-11-9-12(18)6-7-13(11)19-14/h6-7,9,15H,4-5,8,10H2,1-3H3. The largest absolute Gasteiger partial charge is 0.444 e. The summed E-state index contributed by atoms with van der Waals surface area (Å²) in [4.78, 5) is 19.0. The van der Waals surface area contributed by atoms with Crippen LogP contribution in [-0.2, 0) is 11.2 Å². The lowest BCUT2D eigenvalue weighted by Gasteiger charge is -2.28. The molecule has 4 nitrogen and oxygen atoms in total. The molecule has 22 heavy (non-hydrogen) atoms. The van der Waals surface area contributed by atoms with Gasteiger partial charge in [-0.3, -0.25) is 9.89 Å². The van der Waals surface area contributed by atoms with Gasteiger partial charge in [0.05, 0.1) is 11.7 Å². The van der Waals surface area contributed by atoms with E-state index in [1.807, 2.05) is 37.8 Å². The minimum absolute atomic E-state index is 0.0704. The Labute approximate surface area is 139 Å². The fraction of sp³-hybridized carbons (Fsp3) is 0.529. The molecule has 1 aromatic carbocycles. The summed E-state index contributed by atoms with van der Waals surface area (Å²) in [6, 6.07) is 6.21. The van der Waals surface area contributed by atoms with Crippen molar-refractivity contribution in [3.63, 3.8) is 0 Å². The number of nitrogens with zero attached hydrogens (tertiary/aromatic N) is 2. The van der Waals surface area contributed by atoms with Gasteiger partial charge in [0.15, 0.2) is 0 Å². The summed E-state index contributed by atoms with van der Waals surface area (Å²) < 4.78 is 6.60. The molecule has 1 atom stereocenters. The fourth-order valence-electron chi connectivity index (χ4n) is 3.04. The predicted molar refractivity (Wildman–Crippen MR) is 90.9 cm³/mol. The first-order valence-electron chi connectivity index (χ1n) is 7.69. The van der Waals surface area contributed by atoms with Crippen LogP contribution >= 0.6 is 15.9 Å². The van der Waals surface area contributed by atoms with Gasteiger partial charge < -0.3 is 4.74 Å². The minimum atomic E-state index is -0.463. The first kappa shape index (κ1) is 15.5. The third-order valence-corrected chi connectivity index (χ3v) is 4.44. The van der Waals surface area contributed by atoms with Crippen molar-refractivity contribution in [1.82, 2.24) is 4.90 Å². The molecule has 0 N–H and O–H groups in total. The Kier molecular flexibility index (Phi) is 4.02. The van der Waals surface area contributed by atoms with Crippen LogP contribution in [0, 0.1) is 0 Å². The Balaban J connectivity index is 1.76. The normalized spacial score (nSPS) is 20.8. The Morgan fingerprint density at radius 3 is 2.91 bits per heavy atom. The third kappa shape index (κ3) is 3.19. The summed E-state index contributed by atoms with van der Waals surface area (Å²) in [5.74, 6) is 0. The van der Waals surface area contributed by atoms with E-state index in [0.717, 1.165) is 41.7 Å². The van der Waals surface area contributed by atoms with E-state index in [4.69, 9.17) is 9.73 Å². The summed E-state index contributed by atoms with van der Waals surface area (Å²) in [6.45, 7) is 6.45. The maximum atomic E-state index is 12.4. The number of rotatable bonds is 1. The number of likely N-dealkylation sites (tertiary alicyclic amines) is 1. The van der Waals surface area contributed by atoms with Crippen LogP contribution in [0.1, 0.15) is 39.2 Å². The highest BCUT2D eigenvalue weighted by Gasteiger charge is 2.36. The number of hydrogen-bond donors (Lipinski definition) is 0. The first-order chi connectivity index (χ1) is 10.3. The molecule has 2 aliphatic rings. The van der Waals surface area contributed by atoms with Gasteiger partial charge in [0, 0.05) is 23.1 Å². The number of benzene rings is 1. The lowest BCUT2D eigenvalue weighted by atomic mass is 10.0. The Morgan fingerprint density at radius 1 is 1.41 bits per heavy atom. The molecule has 1 amide bonds. The SMILES string of the molecule is CC(C)(C)OC(=O)N1CCCC1C1=Nc2ccc(Br)cc2C1. The lowest BCUT2D eigenvalue weighted by molar-refractivity contribution is 0.0265. The maximum absolute atomic E-state index is 12.4. The van der Waals surface area contributed by atoms with E-state index in [-0.39, 0.29) is 12.1 Å². The first-order valence-corrected chi connectivity index (χ1v) is 8.48. The van der Waals surface area contributed by atoms with Crippen molar-refractivity contribution < 1.29 is 9.53 Å². The number of ether oxygens (including phenoxy) is 1.